The van der Waals surface area contributed by atoms with E-state index >= 15 is 0 Å². The summed E-state index contributed by atoms with van der Waals surface area (Å²) < 4.78 is 12.0. The molecule has 7 nitrogen and oxygen atoms in total. The van der Waals surface area contributed by atoms with Crippen LogP contribution in [0.25, 0.3) is 0 Å². The van der Waals surface area contributed by atoms with Gasteiger partial charge in [0.25, 0.3) is 0 Å². The Kier molecular flexibility index (Phi) is 7.43. The van der Waals surface area contributed by atoms with Crippen LogP contribution in [0.3, 0.4) is 0 Å². The maximum Gasteiger partial charge on any atom is 0.319 e. The summed E-state index contributed by atoms with van der Waals surface area (Å²) in [5, 5.41) is 15.1. The minimum absolute atomic E-state index is 0.0518. The lowest BCUT2D eigenvalue weighted by atomic mass is 10.3. The van der Waals surface area contributed by atoms with Gasteiger partial charge in [-0.25, -0.2) is 9.78 Å². The fourth-order valence-electron chi connectivity index (χ4n) is 2.32. The summed E-state index contributed by atoms with van der Waals surface area (Å²) in [6.07, 6.45) is 0.655. The first kappa shape index (κ1) is 20.6. The molecule has 0 bridgehead atoms. The number of hydrogen-bond acceptors (Lipinski definition) is 5. The number of anilines is 1. The first-order chi connectivity index (χ1) is 14.1. The van der Waals surface area contributed by atoms with Crippen molar-refractivity contribution >= 4 is 27.6 Å². The van der Waals surface area contributed by atoms with Crippen molar-refractivity contribution in [3.8, 4) is 17.4 Å². The van der Waals surface area contributed by atoms with E-state index < -0.39 is 12.1 Å². The number of nitrogens with zero attached hydrogens (tertiary/aromatic N) is 1. The highest BCUT2D eigenvalue weighted by molar-refractivity contribution is 9.10. The zero-order valence-electron chi connectivity index (χ0n) is 15.4. The molecule has 0 fully saturated rings. The zero-order valence-corrected chi connectivity index (χ0v) is 17.0. The molecule has 2 amide bonds. The lowest BCUT2D eigenvalue weighted by Crippen LogP contribution is -2.37. The van der Waals surface area contributed by atoms with Crippen LogP contribution in [-0.2, 0) is 0 Å². The molecule has 1 atom stereocenters. The van der Waals surface area contributed by atoms with Gasteiger partial charge in [-0.3, -0.25) is 0 Å². The number of amides is 2. The van der Waals surface area contributed by atoms with Crippen molar-refractivity contribution in [2.75, 3.05) is 18.5 Å². The normalized spacial score (nSPS) is 11.4. The Morgan fingerprint density at radius 3 is 2.59 bits per heavy atom. The lowest BCUT2D eigenvalue weighted by molar-refractivity contribution is 0.108. The molecule has 0 saturated carbocycles. The SMILES string of the molecule is O=C(NCC(O)COc1ccccc1)Nc1ccc(Oc2cccc(Br)c2)nc1. The van der Waals surface area contributed by atoms with E-state index in [9.17, 15) is 9.90 Å². The van der Waals surface area contributed by atoms with Crippen LogP contribution in [0.15, 0.2) is 77.4 Å². The van der Waals surface area contributed by atoms with Gasteiger partial charge in [-0.1, -0.05) is 40.2 Å². The van der Waals surface area contributed by atoms with Crippen molar-refractivity contribution in [3.05, 3.63) is 77.4 Å². The summed E-state index contributed by atoms with van der Waals surface area (Å²) in [6, 6.07) is 19.4. The van der Waals surface area contributed by atoms with Crippen LogP contribution in [0.1, 0.15) is 0 Å². The molecule has 0 radical (unpaired) electrons. The number of benzene rings is 2. The smallest absolute Gasteiger partial charge is 0.319 e. The number of carbonyl (C=O) groups excluding carboxylic acids is 1. The third kappa shape index (κ3) is 7.10. The molecule has 2 aromatic carbocycles. The highest BCUT2D eigenvalue weighted by Gasteiger charge is 2.09. The van der Waals surface area contributed by atoms with Gasteiger partial charge < -0.3 is 25.2 Å². The number of pyridine rings is 1. The Labute approximate surface area is 176 Å². The molecule has 0 aliphatic heterocycles. The molecule has 0 saturated heterocycles. The van der Waals surface area contributed by atoms with Gasteiger partial charge in [-0.15, -0.1) is 0 Å². The summed E-state index contributed by atoms with van der Waals surface area (Å²) in [4.78, 5) is 16.1. The molecular weight excluding hydrogens is 438 g/mol. The van der Waals surface area contributed by atoms with Crippen LogP contribution >= 0.6 is 15.9 Å². The van der Waals surface area contributed by atoms with Crippen molar-refractivity contribution in [1.82, 2.24) is 10.3 Å². The molecule has 3 N–H and O–H groups in total. The number of urea groups is 1. The average molecular weight is 458 g/mol. The summed E-state index contributed by atoms with van der Waals surface area (Å²) >= 11 is 3.38. The molecule has 8 heteroatoms. The highest BCUT2D eigenvalue weighted by Crippen LogP contribution is 2.23. The number of aliphatic hydroxyl groups excluding tert-OH is 1. The number of ether oxygens (including phenoxy) is 2. The number of carbonyl (C=O) groups is 1. The maximum absolute atomic E-state index is 12.0. The van der Waals surface area contributed by atoms with E-state index in [0.29, 0.717) is 23.1 Å². The van der Waals surface area contributed by atoms with Crippen LogP contribution < -0.4 is 20.1 Å². The van der Waals surface area contributed by atoms with E-state index in [1.165, 1.54) is 6.20 Å². The van der Waals surface area contributed by atoms with Crippen LogP contribution in [0.5, 0.6) is 17.4 Å². The van der Waals surface area contributed by atoms with Crippen molar-refractivity contribution in [3.63, 3.8) is 0 Å². The van der Waals surface area contributed by atoms with Gasteiger partial charge in [-0.2, -0.15) is 0 Å². The Balaban J connectivity index is 1.40. The quantitative estimate of drug-likeness (QED) is 0.471. The molecule has 1 heterocycles. The number of hydrogen-bond donors (Lipinski definition) is 3. The number of rotatable bonds is 8. The number of aliphatic hydroxyl groups is 1. The van der Waals surface area contributed by atoms with Crippen LogP contribution in [0, 0.1) is 0 Å². The molecule has 0 aliphatic carbocycles. The fourth-order valence-corrected chi connectivity index (χ4v) is 2.70. The van der Waals surface area contributed by atoms with Crippen molar-refractivity contribution in [1.29, 1.82) is 0 Å². The Hall–Kier alpha value is -3.10. The molecule has 3 aromatic rings. The van der Waals surface area contributed by atoms with E-state index in [4.69, 9.17) is 9.47 Å². The van der Waals surface area contributed by atoms with E-state index in [-0.39, 0.29) is 13.2 Å². The van der Waals surface area contributed by atoms with E-state index in [1.54, 1.807) is 24.3 Å². The van der Waals surface area contributed by atoms with E-state index in [1.807, 2.05) is 42.5 Å². The fraction of sp³-hybridized carbons (Fsp3) is 0.143. The second-order valence-corrected chi connectivity index (χ2v) is 6.97. The first-order valence-electron chi connectivity index (χ1n) is 8.89. The number of nitrogens with one attached hydrogen (secondary N) is 2. The van der Waals surface area contributed by atoms with Gasteiger partial charge in [0.05, 0.1) is 11.9 Å². The number of halogens is 1. The molecular formula is C21H20BrN3O4. The Morgan fingerprint density at radius 1 is 1.07 bits per heavy atom. The van der Waals surface area contributed by atoms with Crippen molar-refractivity contribution < 1.29 is 19.4 Å². The molecule has 29 heavy (non-hydrogen) atoms. The number of aromatic nitrogens is 1. The summed E-state index contributed by atoms with van der Waals surface area (Å²) in [6.45, 7) is 0.129. The predicted molar refractivity (Wildman–Crippen MR) is 113 cm³/mol. The molecule has 0 spiro atoms. The summed E-state index contributed by atoms with van der Waals surface area (Å²) in [5.74, 6) is 1.71. The highest BCUT2D eigenvalue weighted by atomic mass is 79.9. The van der Waals surface area contributed by atoms with Gasteiger partial charge in [0.2, 0.25) is 5.88 Å². The van der Waals surface area contributed by atoms with Gasteiger partial charge in [0, 0.05) is 17.1 Å². The zero-order chi connectivity index (χ0) is 20.5. The Morgan fingerprint density at radius 2 is 1.86 bits per heavy atom. The molecule has 150 valence electrons. The monoisotopic (exact) mass is 457 g/mol. The van der Waals surface area contributed by atoms with Gasteiger partial charge in [0.1, 0.15) is 24.2 Å². The largest absolute Gasteiger partial charge is 0.491 e. The van der Waals surface area contributed by atoms with E-state index in [2.05, 4.69) is 31.5 Å². The summed E-state index contributed by atoms with van der Waals surface area (Å²) in [5.41, 5.74) is 0.499. The maximum atomic E-state index is 12.0. The van der Waals surface area contributed by atoms with Crippen LogP contribution in [0.2, 0.25) is 0 Å². The van der Waals surface area contributed by atoms with E-state index in [0.717, 1.165) is 4.47 Å². The average Bonchev–Trinajstić information content (AvgIpc) is 2.73. The first-order valence-corrected chi connectivity index (χ1v) is 9.68. The third-order valence-electron chi connectivity index (χ3n) is 3.70. The molecule has 1 unspecified atom stereocenters. The predicted octanol–water partition coefficient (Wildman–Crippen LogP) is 4.20. The molecule has 0 aliphatic rings. The second kappa shape index (κ2) is 10.4. The van der Waals surface area contributed by atoms with Crippen LogP contribution in [0.4, 0.5) is 10.5 Å². The van der Waals surface area contributed by atoms with Gasteiger partial charge in [-0.05, 0) is 36.4 Å². The van der Waals surface area contributed by atoms with Gasteiger partial charge in [0.15, 0.2) is 0 Å². The Bertz CT molecular complexity index is 923. The molecule has 3 rings (SSSR count). The minimum atomic E-state index is -0.833. The minimum Gasteiger partial charge on any atom is -0.491 e. The van der Waals surface area contributed by atoms with Crippen molar-refractivity contribution in [2.24, 2.45) is 0 Å². The third-order valence-corrected chi connectivity index (χ3v) is 4.19. The second-order valence-electron chi connectivity index (χ2n) is 6.06. The number of para-hydroxylation sites is 1. The lowest BCUT2D eigenvalue weighted by Gasteiger charge is -2.14. The van der Waals surface area contributed by atoms with Crippen molar-refractivity contribution in [2.45, 2.75) is 6.10 Å². The van der Waals surface area contributed by atoms with Crippen LogP contribution in [-0.4, -0.2) is 35.4 Å². The molecule has 1 aromatic heterocycles. The van der Waals surface area contributed by atoms with Gasteiger partial charge >= 0.3 is 6.03 Å². The standard InChI is InChI=1S/C21H20BrN3O4/c22-15-5-4-8-19(11-15)29-20-10-9-16(12-23-20)25-21(27)24-13-17(26)14-28-18-6-2-1-3-7-18/h1-12,17,26H,13-14H2,(H2,24,25,27). The topological polar surface area (TPSA) is 92.7 Å². The summed E-state index contributed by atoms with van der Waals surface area (Å²) in [7, 11) is 0.